The van der Waals surface area contributed by atoms with Crippen molar-refractivity contribution in [3.63, 3.8) is 0 Å². The number of benzene rings is 1. The van der Waals surface area contributed by atoms with Crippen LogP contribution in [0.2, 0.25) is 0 Å². The second kappa shape index (κ2) is 14.0. The van der Waals surface area contributed by atoms with Crippen LogP contribution in [-0.2, 0) is 45.2 Å². The summed E-state index contributed by atoms with van der Waals surface area (Å²) in [5.74, 6) is -0.801. The number of aliphatic hydroxyl groups excluding tert-OH is 1. The minimum atomic E-state index is -5.17. The third-order valence-electron chi connectivity index (χ3n) is 3.84. The van der Waals surface area contributed by atoms with Gasteiger partial charge in [-0.05, 0) is 18.4 Å². The zero-order valence-corrected chi connectivity index (χ0v) is 23.1. The Morgan fingerprint density at radius 2 is 1.78 bits per heavy atom. The molecular formula is C15H19NNa2O12S2. The molecule has 1 aliphatic rings. The molecule has 0 aliphatic carbocycles. The fourth-order valence-corrected chi connectivity index (χ4v) is 3.49. The van der Waals surface area contributed by atoms with Gasteiger partial charge < -0.3 is 24.2 Å². The van der Waals surface area contributed by atoms with E-state index in [1.54, 1.807) is 30.3 Å². The van der Waals surface area contributed by atoms with Crippen molar-refractivity contribution in [3.05, 3.63) is 35.9 Å². The van der Waals surface area contributed by atoms with E-state index in [1.807, 2.05) is 0 Å². The standard InChI is InChI=1S/C15H21NO12S2.2Na/c1-9(17)16-12-14(28-30(22,23)24)13(18)11(8-26-29(19,20)21)27-15(12)25-7-10-5-3-2-4-6-10;;/h2-6,11-15,18H,7-8H2,1H3,(H,16,17)(H,19,20,21)(H,22,23,24);;/q;2*+1/p-2/t11-,12-,13-,14+,15-;;/m1../s1. The average Bonchev–Trinajstić information content (AvgIpc) is 2.62. The van der Waals surface area contributed by atoms with Gasteiger partial charge in [0.15, 0.2) is 6.29 Å². The summed E-state index contributed by atoms with van der Waals surface area (Å²) in [6.45, 7) is -0.0990. The first-order valence-corrected chi connectivity index (χ1v) is 11.0. The van der Waals surface area contributed by atoms with Gasteiger partial charge in [-0.2, -0.15) is 8.42 Å². The van der Waals surface area contributed by atoms with Crippen molar-refractivity contribution in [2.24, 2.45) is 4.99 Å². The van der Waals surface area contributed by atoms with Crippen molar-refractivity contribution < 1.29 is 113 Å². The summed E-state index contributed by atoms with van der Waals surface area (Å²) in [5, 5.41) is 21.9. The Morgan fingerprint density at radius 3 is 2.28 bits per heavy atom. The molecule has 0 amide bonds. The van der Waals surface area contributed by atoms with E-state index in [1.165, 1.54) is 0 Å². The molecule has 2 rings (SSSR count). The van der Waals surface area contributed by atoms with Crippen LogP contribution in [0.15, 0.2) is 35.3 Å². The second-order valence-corrected chi connectivity index (χ2v) is 8.25. The largest absolute Gasteiger partial charge is 1.00 e. The van der Waals surface area contributed by atoms with Gasteiger partial charge in [-0.15, -0.1) is 0 Å². The third-order valence-corrected chi connectivity index (χ3v) is 4.73. The van der Waals surface area contributed by atoms with Gasteiger partial charge >= 0.3 is 69.5 Å². The molecule has 13 nitrogen and oxygen atoms in total. The average molecular weight is 515 g/mol. The molecular weight excluding hydrogens is 496 g/mol. The van der Waals surface area contributed by atoms with Gasteiger partial charge in [-0.3, -0.25) is 13.7 Å². The SMILES string of the molecule is CC([O-])=N[C@H]1[C@H](OCc2ccccc2)O[C@H](COS(=O)(=O)[O-])[C@@H](O)[C@H]1OS(=O)(=O)O.[Na+].[Na+]. The minimum Gasteiger partial charge on any atom is -0.862 e. The number of aliphatic imine (C=N–C) groups is 1. The van der Waals surface area contributed by atoms with Gasteiger partial charge in [-0.25, -0.2) is 12.6 Å². The maximum atomic E-state index is 11.5. The molecule has 17 heteroatoms. The van der Waals surface area contributed by atoms with E-state index in [-0.39, 0.29) is 65.7 Å². The number of nitrogens with zero attached hydrogens (tertiary/aromatic N) is 1. The Labute approximate surface area is 229 Å². The quantitative estimate of drug-likeness (QED) is 0.103. The maximum Gasteiger partial charge on any atom is 1.00 e. The Morgan fingerprint density at radius 1 is 1.19 bits per heavy atom. The van der Waals surface area contributed by atoms with Gasteiger partial charge in [0, 0.05) is 0 Å². The van der Waals surface area contributed by atoms with E-state index < -0.39 is 63.9 Å². The molecule has 170 valence electrons. The molecule has 1 aliphatic heterocycles. The molecule has 1 aromatic rings. The van der Waals surface area contributed by atoms with Gasteiger partial charge in [-0.1, -0.05) is 30.3 Å². The van der Waals surface area contributed by atoms with Crippen LogP contribution in [0.25, 0.3) is 0 Å². The van der Waals surface area contributed by atoms with Crippen LogP contribution >= 0.6 is 0 Å². The molecule has 0 radical (unpaired) electrons. The van der Waals surface area contributed by atoms with Crippen molar-refractivity contribution in [2.45, 2.75) is 44.2 Å². The van der Waals surface area contributed by atoms with Gasteiger partial charge in [0.05, 0.1) is 13.2 Å². The smallest absolute Gasteiger partial charge is 0.862 e. The van der Waals surface area contributed by atoms with Crippen LogP contribution in [0.4, 0.5) is 0 Å². The Balaban J connectivity index is 0.00000480. The third kappa shape index (κ3) is 11.2. The van der Waals surface area contributed by atoms with Crippen molar-refractivity contribution in [1.82, 2.24) is 0 Å². The molecule has 2 N–H and O–H groups in total. The molecule has 32 heavy (non-hydrogen) atoms. The Hall–Kier alpha value is 0.310. The van der Waals surface area contributed by atoms with Crippen molar-refractivity contribution >= 4 is 26.7 Å². The van der Waals surface area contributed by atoms with Crippen LogP contribution in [0.5, 0.6) is 0 Å². The van der Waals surface area contributed by atoms with E-state index >= 15 is 0 Å². The fraction of sp³-hybridized carbons (Fsp3) is 0.533. The maximum absolute atomic E-state index is 11.5. The van der Waals surface area contributed by atoms with Gasteiger partial charge in [0.2, 0.25) is 10.4 Å². The number of aliphatic hydroxyl groups is 1. The zero-order chi connectivity index (χ0) is 22.5. The Bertz CT molecular complexity index is 940. The van der Waals surface area contributed by atoms with E-state index in [4.69, 9.17) is 14.0 Å². The van der Waals surface area contributed by atoms with Crippen LogP contribution in [0.1, 0.15) is 12.5 Å². The molecule has 1 saturated heterocycles. The molecule has 0 spiro atoms. The summed E-state index contributed by atoms with van der Waals surface area (Å²) < 4.78 is 83.0. The Kier molecular flexibility index (Phi) is 14.1. The van der Waals surface area contributed by atoms with E-state index in [0.717, 1.165) is 6.92 Å². The summed E-state index contributed by atoms with van der Waals surface area (Å²) in [6, 6.07) is 6.97. The predicted octanol–water partition coefficient (Wildman–Crippen LogP) is -7.89. The molecule has 0 unspecified atom stereocenters. The number of hydrogen-bond donors (Lipinski definition) is 2. The van der Waals surface area contributed by atoms with Crippen LogP contribution in [0, 0.1) is 0 Å². The molecule has 5 atom stereocenters. The molecule has 1 fully saturated rings. The fourth-order valence-electron chi connectivity index (χ4n) is 2.68. The van der Waals surface area contributed by atoms with Crippen LogP contribution in [0.3, 0.4) is 0 Å². The van der Waals surface area contributed by atoms with Crippen LogP contribution < -0.4 is 64.2 Å². The van der Waals surface area contributed by atoms with E-state index in [0.29, 0.717) is 5.56 Å². The first-order chi connectivity index (χ1) is 13.9. The van der Waals surface area contributed by atoms with Crippen molar-refractivity contribution in [2.75, 3.05) is 6.61 Å². The van der Waals surface area contributed by atoms with Gasteiger partial charge in [0.25, 0.3) is 0 Å². The summed E-state index contributed by atoms with van der Waals surface area (Å²) in [5.41, 5.74) is 0.649. The number of rotatable bonds is 9. The van der Waals surface area contributed by atoms with E-state index in [2.05, 4.69) is 13.4 Å². The second-order valence-electron chi connectivity index (χ2n) is 6.15. The number of ether oxygens (including phenoxy) is 2. The summed E-state index contributed by atoms with van der Waals surface area (Å²) in [4.78, 5) is 3.62. The van der Waals surface area contributed by atoms with Gasteiger partial charge in [0.1, 0.15) is 24.4 Å². The molecule has 0 bridgehead atoms. The summed E-state index contributed by atoms with van der Waals surface area (Å²) >= 11 is 0. The molecule has 1 aromatic carbocycles. The normalized spacial score (nSPS) is 26.6. The molecule has 1 heterocycles. The summed E-state index contributed by atoms with van der Waals surface area (Å²) in [7, 11) is -10.3. The zero-order valence-electron chi connectivity index (χ0n) is 17.4. The summed E-state index contributed by atoms with van der Waals surface area (Å²) in [6.07, 6.45) is -7.06. The first kappa shape index (κ1) is 32.3. The topological polar surface area (TPSA) is 204 Å². The molecule has 0 saturated carbocycles. The van der Waals surface area contributed by atoms with Crippen molar-refractivity contribution in [1.29, 1.82) is 0 Å². The predicted molar refractivity (Wildman–Crippen MR) is 94.9 cm³/mol. The molecule has 0 aromatic heterocycles. The van der Waals surface area contributed by atoms with Crippen LogP contribution in [-0.4, -0.2) is 74.2 Å². The minimum absolute atomic E-state index is 0. The van der Waals surface area contributed by atoms with E-state index in [9.17, 15) is 31.6 Å². The van der Waals surface area contributed by atoms with Crippen molar-refractivity contribution in [3.8, 4) is 0 Å². The number of hydrogen-bond acceptors (Lipinski definition) is 12. The monoisotopic (exact) mass is 515 g/mol. The first-order valence-electron chi connectivity index (χ1n) is 8.32.